The van der Waals surface area contributed by atoms with E-state index in [0.29, 0.717) is 23.8 Å². The molecule has 0 bridgehead atoms. The molecule has 0 saturated heterocycles. The van der Waals surface area contributed by atoms with Crippen molar-refractivity contribution in [3.63, 3.8) is 0 Å². The number of fused-ring (bicyclic) bond motifs is 1. The summed E-state index contributed by atoms with van der Waals surface area (Å²) in [6.07, 6.45) is 0. The van der Waals surface area contributed by atoms with Crippen molar-refractivity contribution in [3.05, 3.63) is 29.6 Å². The molecule has 0 fully saturated rings. The molecule has 8 heteroatoms. The van der Waals surface area contributed by atoms with Crippen LogP contribution in [0.4, 0.5) is 5.69 Å². The van der Waals surface area contributed by atoms with E-state index in [-0.39, 0.29) is 18.5 Å². The molecule has 1 aromatic carbocycles. The highest BCUT2D eigenvalue weighted by Crippen LogP contribution is 2.34. The first-order chi connectivity index (χ1) is 12.1. The molecule has 0 spiro atoms. The number of benzene rings is 1. The van der Waals surface area contributed by atoms with Gasteiger partial charge in [0.25, 0.3) is 0 Å². The van der Waals surface area contributed by atoms with E-state index in [1.165, 1.54) is 11.8 Å². The van der Waals surface area contributed by atoms with Gasteiger partial charge in [0.2, 0.25) is 12.7 Å². The molecular formula is C17H21N3O4S. The van der Waals surface area contributed by atoms with Crippen molar-refractivity contribution < 1.29 is 19.0 Å². The van der Waals surface area contributed by atoms with Crippen molar-refractivity contribution in [2.24, 2.45) is 0 Å². The smallest absolute Gasteiger partial charge is 0.234 e. The standard InChI is InChI=1S/C17H21N3O4S/c1-11-12(2)20(6-7-22-3)17(18-11)25-9-16(21)19-13-4-5-14-15(8-13)24-10-23-14/h4-5,8H,6-7,9-10H2,1-3H3,(H,19,21). The second-order valence-corrected chi connectivity index (χ2v) is 6.56. The molecule has 0 unspecified atom stereocenters. The van der Waals surface area contributed by atoms with Crippen molar-refractivity contribution in [1.29, 1.82) is 0 Å². The molecule has 1 amide bonds. The fraction of sp³-hybridized carbons (Fsp3) is 0.412. The quantitative estimate of drug-likeness (QED) is 0.762. The summed E-state index contributed by atoms with van der Waals surface area (Å²) < 4.78 is 17.8. The topological polar surface area (TPSA) is 74.6 Å². The van der Waals surface area contributed by atoms with Crippen LogP contribution in [0.3, 0.4) is 0 Å². The van der Waals surface area contributed by atoms with Crippen LogP contribution in [0.25, 0.3) is 0 Å². The lowest BCUT2D eigenvalue weighted by atomic mass is 10.3. The van der Waals surface area contributed by atoms with Gasteiger partial charge in [-0.15, -0.1) is 0 Å². The number of hydrogen-bond donors (Lipinski definition) is 1. The Balaban J connectivity index is 1.60. The van der Waals surface area contributed by atoms with E-state index in [2.05, 4.69) is 14.9 Å². The predicted octanol–water partition coefficient (Wildman–Crippen LogP) is 2.61. The summed E-state index contributed by atoms with van der Waals surface area (Å²) in [5, 5.41) is 3.70. The van der Waals surface area contributed by atoms with Gasteiger partial charge in [0, 0.05) is 31.1 Å². The van der Waals surface area contributed by atoms with Gasteiger partial charge in [-0.3, -0.25) is 4.79 Å². The monoisotopic (exact) mass is 363 g/mol. The molecule has 134 valence electrons. The summed E-state index contributed by atoms with van der Waals surface area (Å²) in [4.78, 5) is 16.8. The number of aryl methyl sites for hydroxylation is 1. The highest BCUT2D eigenvalue weighted by Gasteiger charge is 2.16. The van der Waals surface area contributed by atoms with E-state index in [9.17, 15) is 4.79 Å². The van der Waals surface area contributed by atoms with E-state index >= 15 is 0 Å². The maximum atomic E-state index is 12.2. The third-order valence-corrected chi connectivity index (χ3v) is 4.91. The van der Waals surface area contributed by atoms with Gasteiger partial charge >= 0.3 is 0 Å². The number of anilines is 1. The molecule has 1 aliphatic heterocycles. The molecule has 0 radical (unpaired) electrons. The van der Waals surface area contributed by atoms with E-state index < -0.39 is 0 Å². The maximum absolute atomic E-state index is 12.2. The Morgan fingerprint density at radius 1 is 1.36 bits per heavy atom. The van der Waals surface area contributed by atoms with Gasteiger partial charge < -0.3 is 24.1 Å². The van der Waals surface area contributed by atoms with Gasteiger partial charge in [0.15, 0.2) is 16.7 Å². The summed E-state index contributed by atoms with van der Waals surface area (Å²) in [5.74, 6) is 1.52. The zero-order valence-corrected chi connectivity index (χ0v) is 15.3. The number of nitrogens with zero attached hydrogens (tertiary/aromatic N) is 2. The van der Waals surface area contributed by atoms with E-state index in [1.54, 1.807) is 25.3 Å². The number of aromatic nitrogens is 2. The van der Waals surface area contributed by atoms with Crippen LogP contribution in [0.2, 0.25) is 0 Å². The molecule has 2 heterocycles. The Hall–Kier alpha value is -2.19. The SMILES string of the molecule is COCCn1c(SCC(=O)Nc2ccc3c(c2)OCO3)nc(C)c1C. The molecule has 0 aliphatic carbocycles. The first kappa shape index (κ1) is 17.6. The lowest BCUT2D eigenvalue weighted by Crippen LogP contribution is -2.15. The fourth-order valence-corrected chi connectivity index (χ4v) is 3.40. The van der Waals surface area contributed by atoms with Gasteiger partial charge in [-0.1, -0.05) is 11.8 Å². The number of carbonyl (C=O) groups excluding carboxylic acids is 1. The van der Waals surface area contributed by atoms with Gasteiger partial charge in [-0.05, 0) is 26.0 Å². The highest BCUT2D eigenvalue weighted by atomic mass is 32.2. The van der Waals surface area contributed by atoms with E-state index in [0.717, 1.165) is 23.1 Å². The molecule has 1 aliphatic rings. The summed E-state index contributed by atoms with van der Waals surface area (Å²) in [5.41, 5.74) is 2.75. The van der Waals surface area contributed by atoms with Crippen LogP contribution >= 0.6 is 11.8 Å². The number of amides is 1. The second kappa shape index (κ2) is 7.79. The first-order valence-electron chi connectivity index (χ1n) is 7.93. The van der Waals surface area contributed by atoms with Crippen LogP contribution in [0, 0.1) is 13.8 Å². The van der Waals surface area contributed by atoms with Gasteiger partial charge in [-0.25, -0.2) is 4.98 Å². The van der Waals surface area contributed by atoms with Gasteiger partial charge in [0.05, 0.1) is 18.1 Å². The summed E-state index contributed by atoms with van der Waals surface area (Å²) in [6.45, 7) is 5.53. The number of hydrogen-bond acceptors (Lipinski definition) is 6. The third kappa shape index (κ3) is 4.08. The normalized spacial score (nSPS) is 12.4. The lowest BCUT2D eigenvalue weighted by molar-refractivity contribution is -0.113. The van der Waals surface area contributed by atoms with Crippen LogP contribution in [-0.2, 0) is 16.1 Å². The molecule has 7 nitrogen and oxygen atoms in total. The third-order valence-electron chi connectivity index (χ3n) is 3.93. The Bertz CT molecular complexity index is 775. The number of ether oxygens (including phenoxy) is 3. The minimum absolute atomic E-state index is 0.0968. The van der Waals surface area contributed by atoms with Crippen LogP contribution in [0.15, 0.2) is 23.4 Å². The van der Waals surface area contributed by atoms with E-state index in [4.69, 9.17) is 14.2 Å². The Morgan fingerprint density at radius 3 is 2.96 bits per heavy atom. The van der Waals surface area contributed by atoms with Crippen LogP contribution in [0.5, 0.6) is 11.5 Å². The first-order valence-corrected chi connectivity index (χ1v) is 8.92. The number of imidazole rings is 1. The summed E-state index contributed by atoms with van der Waals surface area (Å²) in [7, 11) is 1.67. The maximum Gasteiger partial charge on any atom is 0.234 e. The van der Waals surface area contributed by atoms with Crippen molar-refractivity contribution in [3.8, 4) is 11.5 Å². The highest BCUT2D eigenvalue weighted by molar-refractivity contribution is 7.99. The van der Waals surface area contributed by atoms with Crippen molar-refractivity contribution in [2.75, 3.05) is 31.6 Å². The summed E-state index contributed by atoms with van der Waals surface area (Å²) in [6, 6.07) is 5.35. The lowest BCUT2D eigenvalue weighted by Gasteiger charge is -2.09. The van der Waals surface area contributed by atoms with Crippen molar-refractivity contribution >= 4 is 23.4 Å². The van der Waals surface area contributed by atoms with Gasteiger partial charge in [-0.2, -0.15) is 0 Å². The Labute approximate surface area is 150 Å². The Kier molecular flexibility index (Phi) is 5.50. The molecular weight excluding hydrogens is 342 g/mol. The van der Waals surface area contributed by atoms with Crippen LogP contribution in [-0.4, -0.2) is 41.7 Å². The average Bonchev–Trinajstić information content (AvgIpc) is 3.16. The Morgan fingerprint density at radius 2 is 2.16 bits per heavy atom. The average molecular weight is 363 g/mol. The second-order valence-electron chi connectivity index (χ2n) is 5.61. The fourth-order valence-electron chi connectivity index (χ4n) is 2.48. The minimum atomic E-state index is -0.0968. The molecule has 0 saturated carbocycles. The number of thioether (sulfide) groups is 1. The molecule has 3 rings (SSSR count). The minimum Gasteiger partial charge on any atom is -0.454 e. The molecule has 25 heavy (non-hydrogen) atoms. The zero-order chi connectivity index (χ0) is 17.8. The number of methoxy groups -OCH3 is 1. The molecule has 0 atom stereocenters. The van der Waals surface area contributed by atoms with E-state index in [1.807, 2.05) is 13.8 Å². The largest absolute Gasteiger partial charge is 0.454 e. The number of nitrogens with one attached hydrogen (secondary N) is 1. The van der Waals surface area contributed by atoms with Crippen LogP contribution < -0.4 is 14.8 Å². The number of rotatable bonds is 7. The molecule has 1 aromatic heterocycles. The number of carbonyl (C=O) groups is 1. The van der Waals surface area contributed by atoms with Crippen LogP contribution in [0.1, 0.15) is 11.4 Å². The van der Waals surface area contributed by atoms with Gasteiger partial charge in [0.1, 0.15) is 0 Å². The predicted molar refractivity (Wildman–Crippen MR) is 95.5 cm³/mol. The molecule has 1 N–H and O–H groups in total. The van der Waals surface area contributed by atoms with Crippen molar-refractivity contribution in [2.45, 2.75) is 25.5 Å². The zero-order valence-electron chi connectivity index (χ0n) is 14.5. The summed E-state index contributed by atoms with van der Waals surface area (Å²) >= 11 is 1.41. The molecule has 2 aromatic rings. The van der Waals surface area contributed by atoms with Crippen molar-refractivity contribution in [1.82, 2.24) is 9.55 Å².